The topological polar surface area (TPSA) is 45.2 Å². The highest BCUT2D eigenvalue weighted by atomic mass is 32.1. The van der Waals surface area contributed by atoms with E-state index in [1.165, 1.54) is 20.8 Å². The molecule has 1 aromatic heterocycles. The van der Waals surface area contributed by atoms with Crippen molar-refractivity contribution >= 4 is 33.1 Å². The van der Waals surface area contributed by atoms with Crippen molar-refractivity contribution in [1.29, 1.82) is 0 Å². The van der Waals surface area contributed by atoms with Gasteiger partial charge in [-0.2, -0.15) is 0 Å². The lowest BCUT2D eigenvalue weighted by Gasteiger charge is -2.31. The van der Waals surface area contributed by atoms with Gasteiger partial charge in [0, 0.05) is 18.2 Å². The number of benzene rings is 2. The summed E-state index contributed by atoms with van der Waals surface area (Å²) in [6, 6.07) is 14.6. The standard InChI is InChI=1S/C24H29N3OS/c1-3-17-9-7-10-18(4-2)23(17)26-22(28)16-27-14-8-11-19(15-27)24-25-20-12-5-6-13-21(20)29-24/h5-7,9-10,12-13,19H,3-4,8,11,14-16H2,1-2H3,(H,26,28)/t19-/m1/s1. The SMILES string of the molecule is CCc1cccc(CC)c1NC(=O)CN1CCC[C@@H](c2nc3ccccc3s2)C1. The molecule has 29 heavy (non-hydrogen) atoms. The molecular weight excluding hydrogens is 378 g/mol. The van der Waals surface area contributed by atoms with E-state index in [0.29, 0.717) is 12.5 Å². The number of hydrogen-bond donors (Lipinski definition) is 1. The maximum Gasteiger partial charge on any atom is 0.238 e. The van der Waals surface area contributed by atoms with Crippen molar-refractivity contribution in [3.63, 3.8) is 0 Å². The van der Waals surface area contributed by atoms with Crippen molar-refractivity contribution < 1.29 is 4.79 Å². The Morgan fingerprint density at radius 1 is 1.14 bits per heavy atom. The predicted molar refractivity (Wildman–Crippen MR) is 122 cm³/mol. The van der Waals surface area contributed by atoms with Gasteiger partial charge in [0.2, 0.25) is 5.91 Å². The number of anilines is 1. The number of fused-ring (bicyclic) bond motifs is 1. The number of nitrogens with zero attached hydrogens (tertiary/aromatic N) is 2. The molecule has 0 unspecified atom stereocenters. The van der Waals surface area contributed by atoms with Crippen LogP contribution in [0.2, 0.25) is 0 Å². The number of carbonyl (C=O) groups is 1. The molecule has 1 amide bonds. The van der Waals surface area contributed by atoms with E-state index >= 15 is 0 Å². The minimum atomic E-state index is 0.0885. The lowest BCUT2D eigenvalue weighted by atomic mass is 9.98. The lowest BCUT2D eigenvalue weighted by Crippen LogP contribution is -2.40. The summed E-state index contributed by atoms with van der Waals surface area (Å²) in [4.78, 5) is 20.0. The van der Waals surface area contributed by atoms with Crippen LogP contribution < -0.4 is 5.32 Å². The minimum absolute atomic E-state index is 0.0885. The molecular formula is C24H29N3OS. The van der Waals surface area contributed by atoms with Crippen molar-refractivity contribution in [3.05, 3.63) is 58.6 Å². The number of thiazole rings is 1. The third-order valence-corrected chi connectivity index (χ3v) is 6.99. The van der Waals surface area contributed by atoms with Crippen LogP contribution in [0.3, 0.4) is 0 Å². The Morgan fingerprint density at radius 3 is 2.62 bits per heavy atom. The van der Waals surface area contributed by atoms with Gasteiger partial charge in [0.25, 0.3) is 0 Å². The van der Waals surface area contributed by atoms with E-state index in [1.54, 1.807) is 11.3 Å². The first-order chi connectivity index (χ1) is 14.2. The van der Waals surface area contributed by atoms with E-state index in [1.807, 2.05) is 6.07 Å². The second kappa shape index (κ2) is 9.06. The average Bonchev–Trinajstić information content (AvgIpc) is 3.18. The normalized spacial score (nSPS) is 17.5. The van der Waals surface area contributed by atoms with E-state index in [4.69, 9.17) is 4.98 Å². The van der Waals surface area contributed by atoms with Crippen molar-refractivity contribution in [3.8, 4) is 0 Å². The average molecular weight is 408 g/mol. The molecule has 0 aliphatic carbocycles. The molecule has 1 aliphatic heterocycles. The van der Waals surface area contributed by atoms with Crippen molar-refractivity contribution in [2.75, 3.05) is 25.0 Å². The van der Waals surface area contributed by atoms with E-state index in [2.05, 4.69) is 60.5 Å². The van der Waals surface area contributed by atoms with Gasteiger partial charge in [-0.3, -0.25) is 9.69 Å². The Balaban J connectivity index is 1.42. The maximum atomic E-state index is 12.8. The summed E-state index contributed by atoms with van der Waals surface area (Å²) >= 11 is 1.80. The molecule has 1 saturated heterocycles. The fraction of sp³-hybridized carbons (Fsp3) is 0.417. The van der Waals surface area contributed by atoms with Crippen LogP contribution in [0.25, 0.3) is 10.2 Å². The zero-order chi connectivity index (χ0) is 20.2. The van der Waals surface area contributed by atoms with E-state index in [-0.39, 0.29) is 5.91 Å². The quantitative estimate of drug-likeness (QED) is 0.608. The number of aromatic nitrogens is 1. The second-order valence-electron chi connectivity index (χ2n) is 7.80. The molecule has 4 rings (SSSR count). The van der Waals surface area contributed by atoms with E-state index in [9.17, 15) is 4.79 Å². The Morgan fingerprint density at radius 2 is 1.90 bits per heavy atom. The molecule has 3 aromatic rings. The Kier molecular flexibility index (Phi) is 6.26. The van der Waals surface area contributed by atoms with Gasteiger partial charge >= 0.3 is 0 Å². The molecule has 1 aliphatic rings. The first kappa shape index (κ1) is 20.0. The Hall–Kier alpha value is -2.24. The number of nitrogens with one attached hydrogen (secondary N) is 1. The van der Waals surface area contributed by atoms with Crippen LogP contribution in [0.1, 0.15) is 48.7 Å². The van der Waals surface area contributed by atoms with Gasteiger partial charge in [0.1, 0.15) is 0 Å². The molecule has 1 fully saturated rings. The number of hydrogen-bond acceptors (Lipinski definition) is 4. The fourth-order valence-electron chi connectivity index (χ4n) is 4.25. The second-order valence-corrected chi connectivity index (χ2v) is 8.86. The molecule has 152 valence electrons. The van der Waals surface area contributed by atoms with Crippen LogP contribution in [0.5, 0.6) is 0 Å². The Bertz CT molecular complexity index is 941. The molecule has 2 heterocycles. The summed E-state index contributed by atoms with van der Waals surface area (Å²) in [7, 11) is 0. The summed E-state index contributed by atoms with van der Waals surface area (Å²) < 4.78 is 1.25. The van der Waals surface area contributed by atoms with Crippen molar-refractivity contribution in [2.24, 2.45) is 0 Å². The molecule has 4 nitrogen and oxygen atoms in total. The van der Waals surface area contributed by atoms with Crippen LogP contribution in [0, 0.1) is 0 Å². The zero-order valence-corrected chi connectivity index (χ0v) is 18.1. The van der Waals surface area contributed by atoms with Crippen LogP contribution in [-0.4, -0.2) is 35.4 Å². The summed E-state index contributed by atoms with van der Waals surface area (Å²) in [6.07, 6.45) is 4.11. The van der Waals surface area contributed by atoms with Gasteiger partial charge in [-0.05, 0) is 55.5 Å². The molecule has 1 atom stereocenters. The number of likely N-dealkylation sites (tertiary alicyclic amines) is 1. The highest BCUT2D eigenvalue weighted by Crippen LogP contribution is 2.33. The smallest absolute Gasteiger partial charge is 0.238 e. The summed E-state index contributed by atoms with van der Waals surface area (Å²) in [6.45, 7) is 6.60. The van der Waals surface area contributed by atoms with Crippen LogP contribution >= 0.6 is 11.3 Å². The van der Waals surface area contributed by atoms with Gasteiger partial charge in [0.15, 0.2) is 0 Å². The molecule has 0 bridgehead atoms. The van der Waals surface area contributed by atoms with E-state index < -0.39 is 0 Å². The highest BCUT2D eigenvalue weighted by Gasteiger charge is 2.25. The lowest BCUT2D eigenvalue weighted by molar-refractivity contribution is -0.117. The van der Waals surface area contributed by atoms with Crippen molar-refractivity contribution in [1.82, 2.24) is 9.88 Å². The van der Waals surface area contributed by atoms with Crippen LogP contribution in [-0.2, 0) is 17.6 Å². The number of carbonyl (C=O) groups excluding carboxylic acids is 1. The van der Waals surface area contributed by atoms with Gasteiger partial charge in [0.05, 0.1) is 21.8 Å². The van der Waals surface area contributed by atoms with Gasteiger partial charge in [-0.15, -0.1) is 11.3 Å². The predicted octanol–water partition coefficient (Wildman–Crippen LogP) is 5.24. The molecule has 0 radical (unpaired) electrons. The zero-order valence-electron chi connectivity index (χ0n) is 17.3. The summed E-state index contributed by atoms with van der Waals surface area (Å²) in [5, 5.41) is 4.42. The Labute approximate surface area is 177 Å². The van der Waals surface area contributed by atoms with Gasteiger partial charge in [-0.1, -0.05) is 44.2 Å². The third-order valence-electron chi connectivity index (χ3n) is 5.80. The minimum Gasteiger partial charge on any atom is -0.324 e. The third kappa shape index (κ3) is 4.51. The number of aryl methyl sites for hydroxylation is 2. The monoisotopic (exact) mass is 407 g/mol. The van der Waals surface area contributed by atoms with E-state index in [0.717, 1.165) is 50.0 Å². The summed E-state index contributed by atoms with van der Waals surface area (Å²) in [5.41, 5.74) is 4.53. The van der Waals surface area contributed by atoms with Crippen LogP contribution in [0.4, 0.5) is 5.69 Å². The number of piperidine rings is 1. The number of amides is 1. The first-order valence-corrected chi connectivity index (χ1v) is 11.5. The molecule has 5 heteroatoms. The van der Waals surface area contributed by atoms with Gasteiger partial charge < -0.3 is 5.32 Å². The molecule has 0 spiro atoms. The first-order valence-electron chi connectivity index (χ1n) is 10.7. The van der Waals surface area contributed by atoms with Gasteiger partial charge in [-0.25, -0.2) is 4.98 Å². The molecule has 2 aromatic carbocycles. The highest BCUT2D eigenvalue weighted by molar-refractivity contribution is 7.18. The van der Waals surface area contributed by atoms with Crippen molar-refractivity contribution in [2.45, 2.75) is 45.4 Å². The molecule has 1 N–H and O–H groups in total. The maximum absolute atomic E-state index is 12.8. The van der Waals surface area contributed by atoms with Crippen LogP contribution in [0.15, 0.2) is 42.5 Å². The fourth-order valence-corrected chi connectivity index (χ4v) is 5.34. The largest absolute Gasteiger partial charge is 0.324 e. The summed E-state index contributed by atoms with van der Waals surface area (Å²) in [5.74, 6) is 0.508. The number of para-hydroxylation sites is 2. The number of rotatable bonds is 6. The molecule has 0 saturated carbocycles.